The zero-order valence-electron chi connectivity index (χ0n) is 10.2. The molecule has 1 aliphatic rings. The summed E-state index contributed by atoms with van der Waals surface area (Å²) in [7, 11) is 1.79. The lowest BCUT2D eigenvalue weighted by Crippen LogP contribution is -2.48. The molecule has 0 aromatic heterocycles. The van der Waals surface area contributed by atoms with E-state index in [1.165, 1.54) is 10.5 Å². The van der Waals surface area contributed by atoms with Gasteiger partial charge in [-0.25, -0.2) is 0 Å². The van der Waals surface area contributed by atoms with E-state index in [2.05, 4.69) is 5.32 Å². The summed E-state index contributed by atoms with van der Waals surface area (Å²) in [6, 6.07) is 5.80. The minimum Gasteiger partial charge on any atom is -0.393 e. The van der Waals surface area contributed by atoms with E-state index < -0.39 is 5.60 Å². The first-order chi connectivity index (χ1) is 8.11. The van der Waals surface area contributed by atoms with E-state index >= 15 is 0 Å². The second-order valence-electron chi connectivity index (χ2n) is 4.51. The Balaban J connectivity index is 2.37. The van der Waals surface area contributed by atoms with Gasteiger partial charge < -0.3 is 15.5 Å². The van der Waals surface area contributed by atoms with E-state index in [0.717, 1.165) is 17.7 Å². The molecule has 0 saturated carbocycles. The molecule has 0 bridgehead atoms. The Kier molecular flexibility index (Phi) is 3.78. The fraction of sp³-hybridized carbons (Fsp3) is 0.538. The normalized spacial score (nSPS) is 19.8. The third-order valence-electron chi connectivity index (χ3n) is 3.58. The van der Waals surface area contributed by atoms with Gasteiger partial charge in [0.15, 0.2) is 0 Å². The Morgan fingerprint density at radius 1 is 1.53 bits per heavy atom. The van der Waals surface area contributed by atoms with Crippen LogP contribution in [0.5, 0.6) is 0 Å². The lowest BCUT2D eigenvalue weighted by Gasteiger charge is -2.33. The summed E-state index contributed by atoms with van der Waals surface area (Å²) in [6.07, 6.45) is 1.04. The predicted molar refractivity (Wildman–Crippen MR) is 70.4 cm³/mol. The quantitative estimate of drug-likeness (QED) is 0.753. The first kappa shape index (κ1) is 12.9. The number of likely N-dealkylation sites (N-methyl/N-ethyl adjacent to an activating group) is 1. The molecule has 3 nitrogen and oxygen atoms in total. The van der Waals surface area contributed by atoms with E-state index in [4.69, 9.17) is 0 Å². The Morgan fingerprint density at radius 3 is 2.94 bits per heavy atom. The monoisotopic (exact) mass is 253 g/mol. The van der Waals surface area contributed by atoms with Gasteiger partial charge in [-0.15, -0.1) is 11.8 Å². The largest absolute Gasteiger partial charge is 0.393 e. The SMILES string of the molecule is CNC(C)C(O)(CO)c1ccc2c(c1)CCS2. The lowest BCUT2D eigenvalue weighted by molar-refractivity contribution is -0.0437. The number of aryl methyl sites for hydroxylation is 1. The average Bonchev–Trinajstić information content (AvgIpc) is 2.83. The summed E-state index contributed by atoms with van der Waals surface area (Å²) >= 11 is 1.85. The van der Waals surface area contributed by atoms with Crippen molar-refractivity contribution >= 4 is 11.8 Å². The van der Waals surface area contributed by atoms with Crippen molar-refractivity contribution < 1.29 is 10.2 Å². The molecule has 3 N–H and O–H groups in total. The number of benzene rings is 1. The smallest absolute Gasteiger partial charge is 0.127 e. The molecule has 0 saturated heterocycles. The van der Waals surface area contributed by atoms with E-state index in [1.807, 2.05) is 36.9 Å². The summed E-state index contributed by atoms with van der Waals surface area (Å²) in [4.78, 5) is 1.30. The highest BCUT2D eigenvalue weighted by Gasteiger charge is 2.35. The number of hydrogen-bond acceptors (Lipinski definition) is 4. The molecule has 0 amide bonds. The highest BCUT2D eigenvalue weighted by Crippen LogP contribution is 2.35. The van der Waals surface area contributed by atoms with E-state index in [0.29, 0.717) is 0 Å². The molecule has 1 aromatic carbocycles. The summed E-state index contributed by atoms with van der Waals surface area (Å²) < 4.78 is 0. The van der Waals surface area contributed by atoms with Gasteiger partial charge in [-0.3, -0.25) is 0 Å². The van der Waals surface area contributed by atoms with E-state index in [1.54, 1.807) is 7.05 Å². The van der Waals surface area contributed by atoms with Crippen LogP contribution in [-0.2, 0) is 12.0 Å². The Hall–Kier alpha value is -0.550. The highest BCUT2D eigenvalue weighted by molar-refractivity contribution is 7.99. The van der Waals surface area contributed by atoms with Crippen LogP contribution >= 0.6 is 11.8 Å². The van der Waals surface area contributed by atoms with Gasteiger partial charge in [-0.05, 0) is 37.6 Å². The molecule has 1 aliphatic heterocycles. The summed E-state index contributed by atoms with van der Waals surface area (Å²) in [5, 5.41) is 23.1. The zero-order chi connectivity index (χ0) is 12.5. The summed E-state index contributed by atoms with van der Waals surface area (Å²) in [5.74, 6) is 1.11. The molecule has 94 valence electrons. The van der Waals surface area contributed by atoms with Gasteiger partial charge in [0.05, 0.1) is 6.61 Å². The Labute approximate surface area is 106 Å². The van der Waals surface area contributed by atoms with Gasteiger partial charge >= 0.3 is 0 Å². The first-order valence-corrected chi connectivity index (χ1v) is 6.87. The molecular formula is C13H19NO2S. The highest BCUT2D eigenvalue weighted by atomic mass is 32.2. The van der Waals surface area contributed by atoms with Crippen LogP contribution in [0.15, 0.2) is 23.1 Å². The molecule has 17 heavy (non-hydrogen) atoms. The Bertz CT molecular complexity index is 410. The van der Waals surface area contributed by atoms with Crippen molar-refractivity contribution in [3.63, 3.8) is 0 Å². The van der Waals surface area contributed by atoms with Crippen molar-refractivity contribution in [2.24, 2.45) is 0 Å². The lowest BCUT2D eigenvalue weighted by atomic mass is 9.87. The van der Waals surface area contributed by atoms with Crippen LogP contribution < -0.4 is 5.32 Å². The van der Waals surface area contributed by atoms with E-state index in [-0.39, 0.29) is 12.6 Å². The van der Waals surface area contributed by atoms with Crippen LogP contribution in [0, 0.1) is 0 Å². The van der Waals surface area contributed by atoms with Crippen molar-refractivity contribution in [3.8, 4) is 0 Å². The fourth-order valence-electron chi connectivity index (χ4n) is 2.17. The second-order valence-corrected chi connectivity index (χ2v) is 5.65. The number of aliphatic hydroxyl groups is 2. The number of hydrogen-bond donors (Lipinski definition) is 3. The minimum absolute atomic E-state index is 0.195. The van der Waals surface area contributed by atoms with Crippen LogP contribution in [0.2, 0.25) is 0 Å². The van der Waals surface area contributed by atoms with Crippen molar-refractivity contribution in [2.75, 3.05) is 19.4 Å². The topological polar surface area (TPSA) is 52.5 Å². The van der Waals surface area contributed by atoms with Crippen molar-refractivity contribution in [3.05, 3.63) is 29.3 Å². The van der Waals surface area contributed by atoms with Crippen molar-refractivity contribution in [1.29, 1.82) is 0 Å². The third kappa shape index (κ3) is 2.22. The van der Waals surface area contributed by atoms with Crippen LogP contribution in [0.4, 0.5) is 0 Å². The van der Waals surface area contributed by atoms with Crippen molar-refractivity contribution in [2.45, 2.75) is 29.9 Å². The van der Waals surface area contributed by atoms with Gasteiger partial charge in [0.25, 0.3) is 0 Å². The van der Waals surface area contributed by atoms with Gasteiger partial charge in [-0.1, -0.05) is 12.1 Å². The fourth-order valence-corrected chi connectivity index (χ4v) is 3.23. The van der Waals surface area contributed by atoms with Gasteiger partial charge in [0.1, 0.15) is 5.60 Å². The maximum absolute atomic E-state index is 10.6. The van der Waals surface area contributed by atoms with Gasteiger partial charge in [0, 0.05) is 16.7 Å². The van der Waals surface area contributed by atoms with Crippen LogP contribution in [0.3, 0.4) is 0 Å². The number of thioether (sulfide) groups is 1. The van der Waals surface area contributed by atoms with Crippen LogP contribution in [0.1, 0.15) is 18.1 Å². The maximum atomic E-state index is 10.6. The summed E-state index contributed by atoms with van der Waals surface area (Å²) in [5.41, 5.74) is 0.864. The standard InChI is InChI=1S/C13H19NO2S/c1-9(14-2)13(16,8-15)11-3-4-12-10(7-11)5-6-17-12/h3-4,7,9,14-16H,5-6,8H2,1-2H3. The Morgan fingerprint density at radius 2 is 2.29 bits per heavy atom. The zero-order valence-corrected chi connectivity index (χ0v) is 11.0. The number of nitrogens with one attached hydrogen (secondary N) is 1. The predicted octanol–water partition coefficient (Wildman–Crippen LogP) is 1.12. The van der Waals surface area contributed by atoms with E-state index in [9.17, 15) is 10.2 Å². The molecule has 0 spiro atoms. The third-order valence-corrected chi connectivity index (χ3v) is 4.70. The van der Waals surface area contributed by atoms with Gasteiger partial charge in [0.2, 0.25) is 0 Å². The number of fused-ring (bicyclic) bond motifs is 1. The number of aliphatic hydroxyl groups excluding tert-OH is 1. The maximum Gasteiger partial charge on any atom is 0.127 e. The molecule has 1 heterocycles. The minimum atomic E-state index is -1.21. The second kappa shape index (κ2) is 4.98. The molecule has 0 radical (unpaired) electrons. The molecule has 1 aromatic rings. The molecule has 2 unspecified atom stereocenters. The van der Waals surface area contributed by atoms with Crippen molar-refractivity contribution in [1.82, 2.24) is 5.32 Å². The molecule has 0 aliphatic carbocycles. The first-order valence-electron chi connectivity index (χ1n) is 5.88. The van der Waals surface area contributed by atoms with Gasteiger partial charge in [-0.2, -0.15) is 0 Å². The van der Waals surface area contributed by atoms with Crippen LogP contribution in [-0.4, -0.2) is 35.7 Å². The van der Waals surface area contributed by atoms with Crippen LogP contribution in [0.25, 0.3) is 0 Å². The average molecular weight is 253 g/mol. The molecule has 4 heteroatoms. The summed E-state index contributed by atoms with van der Waals surface area (Å²) in [6.45, 7) is 1.60. The molecule has 0 fully saturated rings. The molecule has 2 atom stereocenters. The molecule has 2 rings (SSSR count). The number of rotatable bonds is 4. The molecular weight excluding hydrogens is 234 g/mol.